The summed E-state index contributed by atoms with van der Waals surface area (Å²) in [6, 6.07) is 12.1. The van der Waals surface area contributed by atoms with Crippen LogP contribution in [0.25, 0.3) is 0 Å². The zero-order valence-corrected chi connectivity index (χ0v) is 17.4. The Morgan fingerprint density at radius 1 is 1.13 bits per heavy atom. The number of rotatable bonds is 4. The number of piperidine rings is 2. The molecule has 6 heteroatoms. The van der Waals surface area contributed by atoms with E-state index in [1.807, 2.05) is 34.9 Å². The fourth-order valence-electron chi connectivity index (χ4n) is 4.70. The molecular formula is C24H28FN3O2. The highest BCUT2D eigenvalue weighted by Crippen LogP contribution is 2.40. The molecule has 2 amide bonds. The minimum Gasteiger partial charge on any atom is -0.342 e. The summed E-state index contributed by atoms with van der Waals surface area (Å²) in [4.78, 5) is 33.6. The summed E-state index contributed by atoms with van der Waals surface area (Å²) < 4.78 is 13.4. The van der Waals surface area contributed by atoms with Gasteiger partial charge in [-0.15, -0.1) is 0 Å². The maximum atomic E-state index is 13.4. The van der Waals surface area contributed by atoms with Crippen LogP contribution < -0.4 is 0 Å². The molecule has 0 aliphatic carbocycles. The van der Waals surface area contributed by atoms with Crippen LogP contribution in [0.3, 0.4) is 0 Å². The van der Waals surface area contributed by atoms with Gasteiger partial charge in [-0.2, -0.15) is 0 Å². The molecule has 158 valence electrons. The molecule has 0 saturated carbocycles. The number of pyridine rings is 1. The van der Waals surface area contributed by atoms with Crippen molar-refractivity contribution in [2.45, 2.75) is 45.6 Å². The second-order valence-corrected chi connectivity index (χ2v) is 8.71. The summed E-state index contributed by atoms with van der Waals surface area (Å²) in [6.07, 6.45) is 3.47. The fourth-order valence-corrected chi connectivity index (χ4v) is 4.70. The summed E-state index contributed by atoms with van der Waals surface area (Å²) in [5.41, 5.74) is 2.66. The third kappa shape index (κ3) is 4.69. The molecule has 0 atom stereocenters. The predicted molar refractivity (Wildman–Crippen MR) is 112 cm³/mol. The Morgan fingerprint density at radius 2 is 1.90 bits per heavy atom. The number of hydrogen-bond donors (Lipinski definition) is 0. The van der Waals surface area contributed by atoms with Crippen LogP contribution in [0.15, 0.2) is 42.5 Å². The van der Waals surface area contributed by atoms with Gasteiger partial charge in [0.15, 0.2) is 0 Å². The lowest BCUT2D eigenvalue weighted by Crippen LogP contribution is -2.52. The summed E-state index contributed by atoms with van der Waals surface area (Å²) in [6.45, 7) is 4.62. The highest BCUT2D eigenvalue weighted by Gasteiger charge is 2.41. The molecule has 1 spiro atoms. The maximum Gasteiger partial charge on any atom is 0.226 e. The van der Waals surface area contributed by atoms with E-state index in [0.717, 1.165) is 37.2 Å². The highest BCUT2D eigenvalue weighted by atomic mass is 19.1. The molecule has 1 aromatic heterocycles. The normalized spacial score (nSPS) is 18.7. The molecule has 2 aromatic rings. The zero-order valence-electron chi connectivity index (χ0n) is 17.4. The fraction of sp³-hybridized carbons (Fsp3) is 0.458. The van der Waals surface area contributed by atoms with E-state index < -0.39 is 0 Å². The Labute approximate surface area is 176 Å². The van der Waals surface area contributed by atoms with Gasteiger partial charge in [-0.3, -0.25) is 14.6 Å². The third-order valence-corrected chi connectivity index (χ3v) is 6.47. The van der Waals surface area contributed by atoms with Crippen molar-refractivity contribution < 1.29 is 14.0 Å². The molecular weight excluding hydrogens is 381 g/mol. The van der Waals surface area contributed by atoms with E-state index in [9.17, 15) is 14.0 Å². The van der Waals surface area contributed by atoms with Crippen LogP contribution in [0, 0.1) is 18.2 Å². The molecule has 0 unspecified atom stereocenters. The number of benzene rings is 1. The molecule has 2 aliphatic rings. The second-order valence-electron chi connectivity index (χ2n) is 8.71. The number of hydrogen-bond acceptors (Lipinski definition) is 3. The largest absolute Gasteiger partial charge is 0.342 e. The minimum atomic E-state index is -0.312. The third-order valence-electron chi connectivity index (χ3n) is 6.47. The first-order valence-electron chi connectivity index (χ1n) is 10.7. The Hall–Kier alpha value is -2.76. The number of amides is 2. The number of likely N-dealkylation sites (tertiary alicyclic amines) is 2. The first kappa shape index (κ1) is 20.5. The summed E-state index contributed by atoms with van der Waals surface area (Å²) in [5.74, 6) is -0.0790. The molecule has 2 aliphatic heterocycles. The molecule has 30 heavy (non-hydrogen) atoms. The van der Waals surface area contributed by atoms with Gasteiger partial charge in [0, 0.05) is 31.7 Å². The lowest BCUT2D eigenvalue weighted by molar-refractivity contribution is -0.143. The van der Waals surface area contributed by atoms with Crippen LogP contribution in [0.4, 0.5) is 4.39 Å². The van der Waals surface area contributed by atoms with E-state index >= 15 is 0 Å². The van der Waals surface area contributed by atoms with Crippen molar-refractivity contribution in [1.82, 2.24) is 14.8 Å². The van der Waals surface area contributed by atoms with Crippen LogP contribution in [0.1, 0.15) is 42.6 Å². The van der Waals surface area contributed by atoms with E-state index in [2.05, 4.69) is 4.98 Å². The van der Waals surface area contributed by atoms with Crippen molar-refractivity contribution in [1.29, 1.82) is 0 Å². The molecule has 2 fully saturated rings. The Morgan fingerprint density at radius 3 is 2.63 bits per heavy atom. The quantitative estimate of drug-likeness (QED) is 0.777. The maximum absolute atomic E-state index is 13.4. The molecule has 2 saturated heterocycles. The number of nitrogens with zero attached hydrogens (tertiary/aromatic N) is 3. The number of carbonyl (C=O) groups excluding carboxylic acids is 2. The zero-order chi connectivity index (χ0) is 21.1. The van der Waals surface area contributed by atoms with Crippen molar-refractivity contribution in [3.8, 4) is 0 Å². The van der Waals surface area contributed by atoms with Crippen LogP contribution >= 0.6 is 0 Å². The van der Waals surface area contributed by atoms with E-state index in [4.69, 9.17) is 0 Å². The SMILES string of the molecule is Cc1cccc(CN2CC3(CCC2=O)CCN(C(=O)Cc2cccc(F)c2)CC3)n1. The van der Waals surface area contributed by atoms with Crippen molar-refractivity contribution >= 4 is 11.8 Å². The Bertz CT molecular complexity index is 938. The molecule has 5 nitrogen and oxygen atoms in total. The smallest absolute Gasteiger partial charge is 0.226 e. The van der Waals surface area contributed by atoms with Gasteiger partial charge in [-0.05, 0) is 61.4 Å². The molecule has 0 bridgehead atoms. The second kappa shape index (κ2) is 8.54. The number of halogens is 1. The van der Waals surface area contributed by atoms with E-state index in [1.165, 1.54) is 12.1 Å². The molecule has 0 radical (unpaired) electrons. The first-order valence-corrected chi connectivity index (χ1v) is 10.7. The van der Waals surface area contributed by atoms with Crippen molar-refractivity contribution in [2.24, 2.45) is 5.41 Å². The number of carbonyl (C=O) groups is 2. The van der Waals surface area contributed by atoms with Crippen molar-refractivity contribution in [3.63, 3.8) is 0 Å². The van der Waals surface area contributed by atoms with Gasteiger partial charge in [-0.25, -0.2) is 4.39 Å². The monoisotopic (exact) mass is 409 g/mol. The van der Waals surface area contributed by atoms with Gasteiger partial charge in [-0.1, -0.05) is 18.2 Å². The molecule has 1 aromatic carbocycles. The molecule has 0 N–H and O–H groups in total. The predicted octanol–water partition coefficient (Wildman–Crippen LogP) is 3.50. The number of aromatic nitrogens is 1. The highest BCUT2D eigenvalue weighted by molar-refractivity contribution is 5.79. The Kier molecular flexibility index (Phi) is 5.84. The van der Waals surface area contributed by atoms with Crippen molar-refractivity contribution in [3.05, 3.63) is 65.2 Å². The van der Waals surface area contributed by atoms with Gasteiger partial charge >= 0.3 is 0 Å². The van der Waals surface area contributed by atoms with E-state index in [-0.39, 0.29) is 29.5 Å². The first-order chi connectivity index (χ1) is 14.4. The average Bonchev–Trinajstić information content (AvgIpc) is 2.71. The summed E-state index contributed by atoms with van der Waals surface area (Å²) >= 11 is 0. The van der Waals surface area contributed by atoms with Gasteiger partial charge in [0.25, 0.3) is 0 Å². The summed E-state index contributed by atoms with van der Waals surface area (Å²) in [5, 5.41) is 0. The summed E-state index contributed by atoms with van der Waals surface area (Å²) in [7, 11) is 0. The topological polar surface area (TPSA) is 53.5 Å². The standard InChI is InChI=1S/C24H28FN3O2/c1-18-4-2-7-21(26-18)16-28-17-24(9-8-22(28)29)10-12-27(13-11-24)23(30)15-19-5-3-6-20(25)14-19/h2-7,14H,8-13,15-17H2,1H3. The van der Waals surface area contributed by atoms with Gasteiger partial charge < -0.3 is 9.80 Å². The lowest BCUT2D eigenvalue weighted by atomic mass is 9.72. The van der Waals surface area contributed by atoms with Crippen LogP contribution in [0.5, 0.6) is 0 Å². The van der Waals surface area contributed by atoms with E-state index in [0.29, 0.717) is 31.6 Å². The number of aryl methyl sites for hydroxylation is 1. The van der Waals surface area contributed by atoms with Crippen molar-refractivity contribution in [2.75, 3.05) is 19.6 Å². The van der Waals surface area contributed by atoms with Crippen LogP contribution in [-0.4, -0.2) is 46.2 Å². The molecule has 3 heterocycles. The lowest BCUT2D eigenvalue weighted by Gasteiger charge is -2.47. The van der Waals surface area contributed by atoms with Gasteiger partial charge in [0.2, 0.25) is 11.8 Å². The van der Waals surface area contributed by atoms with Gasteiger partial charge in [0.05, 0.1) is 18.7 Å². The average molecular weight is 410 g/mol. The Balaban J connectivity index is 1.36. The van der Waals surface area contributed by atoms with Crippen LogP contribution in [-0.2, 0) is 22.6 Å². The van der Waals surface area contributed by atoms with Gasteiger partial charge in [0.1, 0.15) is 5.82 Å². The van der Waals surface area contributed by atoms with E-state index in [1.54, 1.807) is 12.1 Å². The molecule has 4 rings (SSSR count). The minimum absolute atomic E-state index is 0.0446. The van der Waals surface area contributed by atoms with Crippen LogP contribution in [0.2, 0.25) is 0 Å².